The Labute approximate surface area is 175 Å². The van der Waals surface area contributed by atoms with Crippen LogP contribution in [0.4, 0.5) is 17.5 Å². The monoisotopic (exact) mass is 397 g/mol. The Hall–Kier alpha value is -3.74. The maximum Gasteiger partial charge on any atom is 0.229 e. The molecule has 7 heteroatoms. The highest BCUT2D eigenvalue weighted by Gasteiger charge is 2.21. The molecular weight excluding hydrogens is 374 g/mol. The lowest BCUT2D eigenvalue weighted by atomic mass is 10.2. The maximum atomic E-state index is 4.82. The Balaban J connectivity index is 1.37. The highest BCUT2D eigenvalue weighted by atomic mass is 15.3. The standard InChI is InChI=1S/C23H23N7/c1-3-7-18(8-4-1)17-26-22-20-21(25-12-11-24-20)27-23(28-22)30-15-13-29(14-16-30)19-9-5-2-6-10-19/h1-12H,13-17H2,(H,25,26,27,28). The van der Waals surface area contributed by atoms with Crippen molar-refractivity contribution >= 4 is 28.6 Å². The largest absolute Gasteiger partial charge is 0.368 e. The average molecular weight is 397 g/mol. The molecule has 2 aromatic heterocycles. The van der Waals surface area contributed by atoms with Crippen LogP contribution in [0.1, 0.15) is 5.56 Å². The Morgan fingerprint density at radius 1 is 0.733 bits per heavy atom. The predicted octanol–water partition coefficient (Wildman–Crippen LogP) is 3.36. The third-order valence-electron chi connectivity index (χ3n) is 5.31. The van der Waals surface area contributed by atoms with E-state index >= 15 is 0 Å². The highest BCUT2D eigenvalue weighted by Crippen LogP contribution is 2.23. The zero-order chi connectivity index (χ0) is 20.2. The van der Waals surface area contributed by atoms with Crippen molar-refractivity contribution in [3.05, 3.63) is 78.6 Å². The van der Waals surface area contributed by atoms with E-state index < -0.39 is 0 Å². The van der Waals surface area contributed by atoms with Gasteiger partial charge in [0.1, 0.15) is 0 Å². The SMILES string of the molecule is c1ccc(CNc2nc(N3CCN(c4ccccc4)CC3)nc3nccnc23)cc1. The minimum atomic E-state index is 0.614. The minimum absolute atomic E-state index is 0.614. The van der Waals surface area contributed by atoms with Gasteiger partial charge in [-0.05, 0) is 17.7 Å². The van der Waals surface area contributed by atoms with E-state index in [-0.39, 0.29) is 0 Å². The molecule has 0 saturated carbocycles. The van der Waals surface area contributed by atoms with Crippen LogP contribution in [-0.2, 0) is 6.54 Å². The van der Waals surface area contributed by atoms with Crippen LogP contribution in [0.5, 0.6) is 0 Å². The highest BCUT2D eigenvalue weighted by molar-refractivity contribution is 5.83. The van der Waals surface area contributed by atoms with E-state index in [9.17, 15) is 0 Å². The van der Waals surface area contributed by atoms with Crippen molar-refractivity contribution in [2.75, 3.05) is 41.3 Å². The van der Waals surface area contributed by atoms with Gasteiger partial charge in [-0.3, -0.25) is 0 Å². The summed E-state index contributed by atoms with van der Waals surface area (Å²) in [6.45, 7) is 4.25. The van der Waals surface area contributed by atoms with Crippen molar-refractivity contribution < 1.29 is 0 Å². The van der Waals surface area contributed by atoms with Gasteiger partial charge < -0.3 is 15.1 Å². The van der Waals surface area contributed by atoms with Crippen LogP contribution in [0.3, 0.4) is 0 Å². The summed E-state index contributed by atoms with van der Waals surface area (Å²) in [4.78, 5) is 23.0. The lowest BCUT2D eigenvalue weighted by Crippen LogP contribution is -2.47. The molecule has 1 fully saturated rings. The molecule has 0 unspecified atom stereocenters. The molecule has 7 nitrogen and oxygen atoms in total. The fourth-order valence-electron chi connectivity index (χ4n) is 3.70. The van der Waals surface area contributed by atoms with Crippen molar-refractivity contribution in [2.45, 2.75) is 6.54 Å². The number of nitrogens with zero attached hydrogens (tertiary/aromatic N) is 6. The molecule has 2 aromatic carbocycles. The molecule has 30 heavy (non-hydrogen) atoms. The Morgan fingerprint density at radius 2 is 1.40 bits per heavy atom. The van der Waals surface area contributed by atoms with Crippen molar-refractivity contribution in [1.82, 2.24) is 19.9 Å². The molecule has 1 saturated heterocycles. The molecule has 1 aliphatic heterocycles. The minimum Gasteiger partial charge on any atom is -0.368 e. The average Bonchev–Trinajstić information content (AvgIpc) is 2.84. The summed E-state index contributed by atoms with van der Waals surface area (Å²) in [5, 5.41) is 3.43. The number of hydrogen-bond donors (Lipinski definition) is 1. The molecule has 0 atom stereocenters. The summed E-state index contributed by atoms with van der Waals surface area (Å²) in [6, 6.07) is 20.8. The molecule has 3 heterocycles. The predicted molar refractivity (Wildman–Crippen MR) is 120 cm³/mol. The van der Waals surface area contributed by atoms with E-state index in [2.05, 4.69) is 61.5 Å². The topological polar surface area (TPSA) is 70.1 Å². The van der Waals surface area contributed by atoms with Gasteiger partial charge in [0, 0.05) is 50.8 Å². The number of nitrogens with one attached hydrogen (secondary N) is 1. The first-order valence-electron chi connectivity index (χ1n) is 10.2. The number of piperazine rings is 1. The van der Waals surface area contributed by atoms with Crippen molar-refractivity contribution in [1.29, 1.82) is 0 Å². The number of fused-ring (bicyclic) bond motifs is 1. The van der Waals surface area contributed by atoms with E-state index in [4.69, 9.17) is 9.97 Å². The Kier molecular flexibility index (Phi) is 5.08. The summed E-state index contributed by atoms with van der Waals surface area (Å²) in [5.74, 6) is 1.42. The van der Waals surface area contributed by atoms with Crippen molar-refractivity contribution in [2.24, 2.45) is 0 Å². The molecule has 5 rings (SSSR count). The number of hydrogen-bond acceptors (Lipinski definition) is 7. The first kappa shape index (κ1) is 18.3. The van der Waals surface area contributed by atoms with Gasteiger partial charge in [-0.2, -0.15) is 9.97 Å². The maximum absolute atomic E-state index is 4.82. The van der Waals surface area contributed by atoms with Gasteiger partial charge in [-0.25, -0.2) is 9.97 Å². The molecule has 150 valence electrons. The number of para-hydroxylation sites is 1. The van der Waals surface area contributed by atoms with Crippen LogP contribution in [0, 0.1) is 0 Å². The lowest BCUT2D eigenvalue weighted by molar-refractivity contribution is 0.641. The molecule has 1 N–H and O–H groups in total. The molecule has 0 aliphatic carbocycles. The normalized spacial score (nSPS) is 14.1. The van der Waals surface area contributed by atoms with E-state index in [0.29, 0.717) is 23.7 Å². The number of aromatic nitrogens is 4. The second-order valence-electron chi connectivity index (χ2n) is 7.25. The molecule has 0 bridgehead atoms. The van der Waals surface area contributed by atoms with Crippen LogP contribution < -0.4 is 15.1 Å². The van der Waals surface area contributed by atoms with Gasteiger partial charge in [-0.1, -0.05) is 48.5 Å². The number of anilines is 3. The third kappa shape index (κ3) is 3.87. The molecule has 0 radical (unpaired) electrons. The number of benzene rings is 2. The fraction of sp³-hybridized carbons (Fsp3) is 0.217. The smallest absolute Gasteiger partial charge is 0.229 e. The fourth-order valence-corrected chi connectivity index (χ4v) is 3.70. The second-order valence-corrected chi connectivity index (χ2v) is 7.25. The zero-order valence-electron chi connectivity index (χ0n) is 16.6. The molecule has 1 aliphatic rings. The van der Waals surface area contributed by atoms with Crippen molar-refractivity contribution in [3.63, 3.8) is 0 Å². The van der Waals surface area contributed by atoms with Crippen molar-refractivity contribution in [3.8, 4) is 0 Å². The van der Waals surface area contributed by atoms with E-state index in [1.54, 1.807) is 12.4 Å². The van der Waals surface area contributed by atoms with E-state index in [0.717, 1.165) is 32.0 Å². The van der Waals surface area contributed by atoms with Gasteiger partial charge in [-0.15, -0.1) is 0 Å². The van der Waals surface area contributed by atoms with E-state index in [1.807, 2.05) is 24.3 Å². The van der Waals surface area contributed by atoms with Gasteiger partial charge in [0.15, 0.2) is 17.0 Å². The van der Waals surface area contributed by atoms with Crippen LogP contribution in [0.2, 0.25) is 0 Å². The Morgan fingerprint density at radius 3 is 2.17 bits per heavy atom. The quantitative estimate of drug-likeness (QED) is 0.554. The zero-order valence-corrected chi connectivity index (χ0v) is 16.6. The van der Waals surface area contributed by atoms with E-state index in [1.165, 1.54) is 11.3 Å². The van der Waals surface area contributed by atoms with Gasteiger partial charge in [0.25, 0.3) is 0 Å². The van der Waals surface area contributed by atoms with Gasteiger partial charge in [0.05, 0.1) is 0 Å². The van der Waals surface area contributed by atoms with Gasteiger partial charge in [0.2, 0.25) is 5.95 Å². The summed E-state index contributed by atoms with van der Waals surface area (Å²) in [6.07, 6.45) is 3.35. The van der Waals surface area contributed by atoms with Crippen LogP contribution in [-0.4, -0.2) is 46.1 Å². The van der Waals surface area contributed by atoms with Crippen LogP contribution in [0.25, 0.3) is 11.2 Å². The summed E-state index contributed by atoms with van der Waals surface area (Å²) < 4.78 is 0. The summed E-state index contributed by atoms with van der Waals surface area (Å²) in [5.41, 5.74) is 3.75. The lowest BCUT2D eigenvalue weighted by Gasteiger charge is -2.36. The van der Waals surface area contributed by atoms with Crippen LogP contribution in [0.15, 0.2) is 73.1 Å². The number of rotatable bonds is 5. The molecule has 0 spiro atoms. The first-order valence-corrected chi connectivity index (χ1v) is 10.2. The summed E-state index contributed by atoms with van der Waals surface area (Å²) in [7, 11) is 0. The molecule has 4 aromatic rings. The Bertz CT molecular complexity index is 1110. The molecular formula is C23H23N7. The molecule has 0 amide bonds. The summed E-state index contributed by atoms with van der Waals surface area (Å²) >= 11 is 0. The second kappa shape index (κ2) is 8.32. The van der Waals surface area contributed by atoms with Crippen LogP contribution >= 0.6 is 0 Å². The first-order chi connectivity index (χ1) is 14.9. The third-order valence-corrected chi connectivity index (χ3v) is 5.31. The van der Waals surface area contributed by atoms with Gasteiger partial charge >= 0.3 is 0 Å².